The molecule has 0 aliphatic heterocycles. The molecule has 1 atom stereocenters. The van der Waals surface area contributed by atoms with E-state index in [1.54, 1.807) is 7.11 Å². The van der Waals surface area contributed by atoms with Gasteiger partial charge in [-0.2, -0.15) is 11.8 Å². The molecule has 0 aromatic heterocycles. The summed E-state index contributed by atoms with van der Waals surface area (Å²) in [4.78, 5) is 0. The smallest absolute Gasteiger partial charge is 0.123 e. The second-order valence-electron chi connectivity index (χ2n) is 4.68. The summed E-state index contributed by atoms with van der Waals surface area (Å²) in [7, 11) is 1.75. The van der Waals surface area contributed by atoms with Crippen LogP contribution in [0.4, 0.5) is 0 Å². The van der Waals surface area contributed by atoms with Crippen molar-refractivity contribution in [3.63, 3.8) is 0 Å². The second-order valence-corrected chi connectivity index (χ2v) is 5.83. The first-order valence-electron chi connectivity index (χ1n) is 7.27. The SMILES string of the molecule is CCCCSCC(NCCC)c1ccccc1OC. The molecular formula is C16H27NOS. The van der Waals surface area contributed by atoms with Gasteiger partial charge in [0, 0.05) is 17.4 Å². The van der Waals surface area contributed by atoms with Crippen LogP contribution in [0.15, 0.2) is 24.3 Å². The van der Waals surface area contributed by atoms with Gasteiger partial charge in [-0.25, -0.2) is 0 Å². The lowest BCUT2D eigenvalue weighted by atomic mass is 10.1. The summed E-state index contributed by atoms with van der Waals surface area (Å²) in [6.07, 6.45) is 3.73. The summed E-state index contributed by atoms with van der Waals surface area (Å²) in [5.41, 5.74) is 1.28. The van der Waals surface area contributed by atoms with Gasteiger partial charge in [0.1, 0.15) is 5.75 Å². The van der Waals surface area contributed by atoms with Crippen LogP contribution in [0, 0.1) is 0 Å². The van der Waals surface area contributed by atoms with E-state index in [0.29, 0.717) is 6.04 Å². The predicted octanol–water partition coefficient (Wildman–Crippen LogP) is 4.27. The standard InChI is InChI=1S/C16H27NOS/c1-4-6-12-19-13-15(17-11-5-2)14-9-7-8-10-16(14)18-3/h7-10,15,17H,4-6,11-13H2,1-3H3. The Kier molecular flexibility index (Phi) is 8.76. The van der Waals surface area contributed by atoms with Crippen molar-refractivity contribution in [2.75, 3.05) is 25.2 Å². The third-order valence-electron chi connectivity index (χ3n) is 3.08. The largest absolute Gasteiger partial charge is 0.496 e. The molecule has 0 bridgehead atoms. The van der Waals surface area contributed by atoms with Gasteiger partial charge in [0.2, 0.25) is 0 Å². The molecule has 108 valence electrons. The zero-order chi connectivity index (χ0) is 13.9. The Labute approximate surface area is 122 Å². The summed E-state index contributed by atoms with van der Waals surface area (Å²) in [6, 6.07) is 8.73. The van der Waals surface area contributed by atoms with E-state index in [0.717, 1.165) is 24.5 Å². The monoisotopic (exact) mass is 281 g/mol. The van der Waals surface area contributed by atoms with Crippen molar-refractivity contribution in [3.8, 4) is 5.75 Å². The third kappa shape index (κ3) is 5.87. The maximum Gasteiger partial charge on any atom is 0.123 e. The molecule has 0 spiro atoms. The van der Waals surface area contributed by atoms with Crippen molar-refractivity contribution in [1.82, 2.24) is 5.32 Å². The summed E-state index contributed by atoms with van der Waals surface area (Å²) in [6.45, 7) is 5.50. The van der Waals surface area contributed by atoms with Crippen LogP contribution in [0.1, 0.15) is 44.7 Å². The fourth-order valence-electron chi connectivity index (χ4n) is 1.98. The molecule has 1 unspecified atom stereocenters. The molecule has 2 nitrogen and oxygen atoms in total. The van der Waals surface area contributed by atoms with Crippen molar-refractivity contribution >= 4 is 11.8 Å². The number of thioether (sulfide) groups is 1. The van der Waals surface area contributed by atoms with Crippen LogP contribution in [-0.4, -0.2) is 25.2 Å². The van der Waals surface area contributed by atoms with Crippen LogP contribution in [0.2, 0.25) is 0 Å². The van der Waals surface area contributed by atoms with E-state index in [2.05, 4.69) is 31.3 Å². The third-order valence-corrected chi connectivity index (χ3v) is 4.23. The van der Waals surface area contributed by atoms with Gasteiger partial charge in [-0.1, -0.05) is 38.5 Å². The van der Waals surface area contributed by atoms with E-state index in [-0.39, 0.29) is 0 Å². The first-order valence-corrected chi connectivity index (χ1v) is 8.43. The lowest BCUT2D eigenvalue weighted by Crippen LogP contribution is -2.24. The molecule has 1 aromatic carbocycles. The average Bonchev–Trinajstić information content (AvgIpc) is 2.46. The molecule has 19 heavy (non-hydrogen) atoms. The van der Waals surface area contributed by atoms with Gasteiger partial charge >= 0.3 is 0 Å². The fourth-order valence-corrected chi connectivity index (χ4v) is 3.17. The number of unbranched alkanes of at least 4 members (excludes halogenated alkanes) is 1. The number of rotatable bonds is 10. The number of para-hydroxylation sites is 1. The van der Waals surface area contributed by atoms with E-state index in [4.69, 9.17) is 4.74 Å². The van der Waals surface area contributed by atoms with Crippen LogP contribution in [0.5, 0.6) is 5.75 Å². The highest BCUT2D eigenvalue weighted by Gasteiger charge is 2.14. The Morgan fingerprint density at radius 2 is 2.00 bits per heavy atom. The summed E-state index contributed by atoms with van der Waals surface area (Å²) < 4.78 is 5.48. The molecular weight excluding hydrogens is 254 g/mol. The van der Waals surface area contributed by atoms with E-state index >= 15 is 0 Å². The molecule has 1 N–H and O–H groups in total. The molecule has 0 heterocycles. The Morgan fingerprint density at radius 3 is 2.68 bits per heavy atom. The van der Waals surface area contributed by atoms with Crippen molar-refractivity contribution in [1.29, 1.82) is 0 Å². The fraction of sp³-hybridized carbons (Fsp3) is 0.625. The first kappa shape index (κ1) is 16.4. The first-order chi connectivity index (χ1) is 9.33. The van der Waals surface area contributed by atoms with E-state index in [1.807, 2.05) is 23.9 Å². The van der Waals surface area contributed by atoms with Gasteiger partial charge in [-0.15, -0.1) is 0 Å². The zero-order valence-electron chi connectivity index (χ0n) is 12.4. The molecule has 0 amide bonds. The molecule has 0 aliphatic carbocycles. The van der Waals surface area contributed by atoms with E-state index < -0.39 is 0 Å². The summed E-state index contributed by atoms with van der Waals surface area (Å²) >= 11 is 2.03. The quantitative estimate of drug-likeness (QED) is 0.647. The van der Waals surface area contributed by atoms with Gasteiger partial charge in [0.25, 0.3) is 0 Å². The number of ether oxygens (including phenoxy) is 1. The van der Waals surface area contributed by atoms with E-state index in [1.165, 1.54) is 24.2 Å². The maximum atomic E-state index is 5.48. The second kappa shape index (κ2) is 10.2. The van der Waals surface area contributed by atoms with Gasteiger partial charge in [-0.3, -0.25) is 0 Å². The van der Waals surface area contributed by atoms with Crippen molar-refractivity contribution < 1.29 is 4.74 Å². The molecule has 0 aliphatic rings. The van der Waals surface area contributed by atoms with Crippen LogP contribution < -0.4 is 10.1 Å². The molecule has 3 heteroatoms. The molecule has 1 rings (SSSR count). The highest BCUT2D eigenvalue weighted by atomic mass is 32.2. The lowest BCUT2D eigenvalue weighted by Gasteiger charge is -2.21. The summed E-state index contributed by atoms with van der Waals surface area (Å²) in [5, 5.41) is 3.64. The number of nitrogens with one attached hydrogen (secondary N) is 1. The minimum Gasteiger partial charge on any atom is -0.496 e. The topological polar surface area (TPSA) is 21.3 Å². The Balaban J connectivity index is 2.65. The minimum absolute atomic E-state index is 0.387. The zero-order valence-corrected chi connectivity index (χ0v) is 13.3. The highest BCUT2D eigenvalue weighted by molar-refractivity contribution is 7.99. The van der Waals surface area contributed by atoms with Crippen LogP contribution in [0.25, 0.3) is 0 Å². The minimum atomic E-state index is 0.387. The van der Waals surface area contributed by atoms with Gasteiger partial charge in [0.15, 0.2) is 0 Å². The molecule has 1 aromatic rings. The average molecular weight is 281 g/mol. The van der Waals surface area contributed by atoms with Crippen molar-refractivity contribution in [2.24, 2.45) is 0 Å². The lowest BCUT2D eigenvalue weighted by molar-refractivity contribution is 0.402. The van der Waals surface area contributed by atoms with E-state index in [9.17, 15) is 0 Å². The van der Waals surface area contributed by atoms with Gasteiger partial charge in [-0.05, 0) is 31.2 Å². The maximum absolute atomic E-state index is 5.48. The van der Waals surface area contributed by atoms with Gasteiger partial charge < -0.3 is 10.1 Å². The number of benzene rings is 1. The van der Waals surface area contributed by atoms with Crippen LogP contribution >= 0.6 is 11.8 Å². The van der Waals surface area contributed by atoms with Crippen LogP contribution in [-0.2, 0) is 0 Å². The van der Waals surface area contributed by atoms with Crippen molar-refractivity contribution in [2.45, 2.75) is 39.2 Å². The van der Waals surface area contributed by atoms with Gasteiger partial charge in [0.05, 0.1) is 7.11 Å². The Hall–Kier alpha value is -0.670. The number of hydrogen-bond donors (Lipinski definition) is 1. The molecule has 0 saturated carbocycles. The Bertz CT molecular complexity index is 343. The number of methoxy groups -OCH3 is 1. The number of hydrogen-bond acceptors (Lipinski definition) is 3. The molecule has 0 radical (unpaired) electrons. The highest BCUT2D eigenvalue weighted by Crippen LogP contribution is 2.27. The Morgan fingerprint density at radius 1 is 1.21 bits per heavy atom. The normalized spacial score (nSPS) is 12.4. The summed E-state index contributed by atoms with van der Waals surface area (Å²) in [5.74, 6) is 3.35. The van der Waals surface area contributed by atoms with Crippen molar-refractivity contribution in [3.05, 3.63) is 29.8 Å². The molecule has 0 saturated heterocycles. The molecule has 0 fully saturated rings. The van der Waals surface area contributed by atoms with Crippen LogP contribution in [0.3, 0.4) is 0 Å². The predicted molar refractivity (Wildman–Crippen MR) is 86.3 cm³/mol.